The van der Waals surface area contributed by atoms with Crippen LogP contribution in [-0.4, -0.2) is 58.9 Å². The molecular formula is C22H29ClN2O3. The molecule has 0 spiro atoms. The van der Waals surface area contributed by atoms with E-state index in [4.69, 9.17) is 16.3 Å². The number of nitrogens with zero attached hydrogens (tertiary/aromatic N) is 2. The van der Waals surface area contributed by atoms with Gasteiger partial charge in [-0.25, -0.2) is 0 Å². The summed E-state index contributed by atoms with van der Waals surface area (Å²) in [6.45, 7) is 6.88. The normalized spacial score (nSPS) is 18.3. The highest BCUT2D eigenvalue weighted by Gasteiger charge is 2.27. The highest BCUT2D eigenvalue weighted by molar-refractivity contribution is 6.30. The Hall–Kier alpha value is -1.79. The Bertz CT molecular complexity index is 771. The van der Waals surface area contributed by atoms with Gasteiger partial charge in [-0.3, -0.25) is 9.80 Å². The van der Waals surface area contributed by atoms with Gasteiger partial charge in [0.05, 0.1) is 6.61 Å². The summed E-state index contributed by atoms with van der Waals surface area (Å²) < 4.78 is 5.77. The lowest BCUT2D eigenvalue weighted by atomic mass is 10.1. The molecule has 0 bridgehead atoms. The minimum absolute atomic E-state index is 0.157. The minimum atomic E-state index is 0.157. The Morgan fingerprint density at radius 1 is 1.11 bits per heavy atom. The van der Waals surface area contributed by atoms with Crippen molar-refractivity contribution >= 4 is 11.6 Å². The predicted molar refractivity (Wildman–Crippen MR) is 112 cm³/mol. The number of benzene rings is 2. The average Bonchev–Trinajstić information content (AvgIpc) is 2.68. The largest absolute Gasteiger partial charge is 0.508 e. The van der Waals surface area contributed by atoms with Crippen LogP contribution >= 0.6 is 11.6 Å². The van der Waals surface area contributed by atoms with E-state index in [2.05, 4.69) is 15.9 Å². The van der Waals surface area contributed by atoms with E-state index in [9.17, 15) is 10.2 Å². The summed E-state index contributed by atoms with van der Waals surface area (Å²) >= 11 is 6.08. The molecule has 3 rings (SSSR count). The lowest BCUT2D eigenvalue weighted by Crippen LogP contribution is -2.52. The second-order valence-electron chi connectivity index (χ2n) is 7.19. The monoisotopic (exact) mass is 404 g/mol. The number of hydrogen-bond donors (Lipinski definition) is 2. The summed E-state index contributed by atoms with van der Waals surface area (Å²) in [5.74, 6) is 1.20. The molecule has 2 N–H and O–H groups in total. The lowest BCUT2D eigenvalue weighted by molar-refractivity contribution is 0.0491. The van der Waals surface area contributed by atoms with Gasteiger partial charge in [0.1, 0.15) is 11.5 Å². The van der Waals surface area contributed by atoms with Crippen LogP contribution < -0.4 is 4.74 Å². The fourth-order valence-corrected chi connectivity index (χ4v) is 4.00. The maximum atomic E-state index is 10.1. The summed E-state index contributed by atoms with van der Waals surface area (Å²) in [6.07, 6.45) is 0.717. The number of aliphatic hydroxyl groups is 1. The number of aliphatic hydroxyl groups excluding tert-OH is 1. The Morgan fingerprint density at radius 3 is 2.71 bits per heavy atom. The molecule has 28 heavy (non-hydrogen) atoms. The van der Waals surface area contributed by atoms with E-state index in [1.807, 2.05) is 31.2 Å². The number of rotatable bonds is 8. The van der Waals surface area contributed by atoms with Crippen molar-refractivity contribution < 1.29 is 14.9 Å². The average molecular weight is 405 g/mol. The third kappa shape index (κ3) is 5.39. The standard InChI is InChI=1S/C22H29ClN2O3/c1-2-28-22-6-4-3-5-17(22)15-25-11-10-24(16-20(25)9-12-26)14-18-13-19(23)7-8-21(18)27/h3-8,13,20,26-27H,2,9-12,14-16H2,1H3/t20-/m0/s1. The van der Waals surface area contributed by atoms with Crippen LogP contribution in [0, 0.1) is 0 Å². The van der Waals surface area contributed by atoms with Gasteiger partial charge in [0.15, 0.2) is 0 Å². The van der Waals surface area contributed by atoms with E-state index in [-0.39, 0.29) is 18.4 Å². The predicted octanol–water partition coefficient (Wildman–Crippen LogP) is 3.51. The van der Waals surface area contributed by atoms with Crippen LogP contribution in [0.3, 0.4) is 0 Å². The maximum absolute atomic E-state index is 10.1. The van der Waals surface area contributed by atoms with Gasteiger partial charge in [0.25, 0.3) is 0 Å². The van der Waals surface area contributed by atoms with E-state index in [0.29, 0.717) is 18.2 Å². The van der Waals surface area contributed by atoms with Gasteiger partial charge in [-0.2, -0.15) is 0 Å². The van der Waals surface area contributed by atoms with Crippen molar-refractivity contribution in [1.29, 1.82) is 0 Å². The molecule has 152 valence electrons. The highest BCUT2D eigenvalue weighted by Crippen LogP contribution is 2.26. The number of hydrogen-bond acceptors (Lipinski definition) is 5. The second-order valence-corrected chi connectivity index (χ2v) is 7.62. The molecular weight excluding hydrogens is 376 g/mol. The third-order valence-corrected chi connectivity index (χ3v) is 5.47. The fraction of sp³-hybridized carbons (Fsp3) is 0.455. The van der Waals surface area contributed by atoms with Gasteiger partial charge in [-0.15, -0.1) is 0 Å². The number of para-hydroxylation sites is 1. The van der Waals surface area contributed by atoms with Gasteiger partial charge in [0, 0.05) is 61.5 Å². The van der Waals surface area contributed by atoms with Crippen molar-refractivity contribution in [2.24, 2.45) is 0 Å². The summed E-state index contributed by atoms with van der Waals surface area (Å²) in [7, 11) is 0. The zero-order valence-electron chi connectivity index (χ0n) is 16.4. The maximum Gasteiger partial charge on any atom is 0.123 e. The van der Waals surface area contributed by atoms with Crippen LogP contribution in [0.4, 0.5) is 0 Å². The molecule has 2 aromatic rings. The van der Waals surface area contributed by atoms with Crippen LogP contribution in [0.25, 0.3) is 0 Å². The van der Waals surface area contributed by atoms with Gasteiger partial charge in [-0.05, 0) is 37.6 Å². The molecule has 1 aliphatic heterocycles. The molecule has 1 fully saturated rings. The Balaban J connectivity index is 1.68. The van der Waals surface area contributed by atoms with Gasteiger partial charge in [0.2, 0.25) is 0 Å². The summed E-state index contributed by atoms with van der Waals surface area (Å²) in [5.41, 5.74) is 2.01. The number of aromatic hydroxyl groups is 1. The molecule has 0 aromatic heterocycles. The molecule has 2 aromatic carbocycles. The fourth-order valence-electron chi connectivity index (χ4n) is 3.80. The number of phenolic OH excluding ortho intramolecular Hbond substituents is 1. The smallest absolute Gasteiger partial charge is 0.123 e. The van der Waals surface area contributed by atoms with E-state index in [0.717, 1.165) is 43.9 Å². The molecule has 0 radical (unpaired) electrons. The van der Waals surface area contributed by atoms with E-state index < -0.39 is 0 Å². The first-order valence-electron chi connectivity index (χ1n) is 9.86. The van der Waals surface area contributed by atoms with Crippen LogP contribution in [0.5, 0.6) is 11.5 Å². The van der Waals surface area contributed by atoms with Crippen molar-refractivity contribution in [2.75, 3.05) is 32.8 Å². The van der Waals surface area contributed by atoms with Crippen molar-refractivity contribution in [3.63, 3.8) is 0 Å². The number of ether oxygens (including phenoxy) is 1. The quantitative estimate of drug-likeness (QED) is 0.705. The SMILES string of the molecule is CCOc1ccccc1CN1CCN(Cc2cc(Cl)ccc2O)C[C@@H]1CCO. The Labute approximate surface area is 172 Å². The van der Waals surface area contributed by atoms with E-state index in [1.165, 1.54) is 5.56 Å². The summed E-state index contributed by atoms with van der Waals surface area (Å²) in [5, 5.41) is 20.3. The van der Waals surface area contributed by atoms with Crippen LogP contribution in [0.15, 0.2) is 42.5 Å². The molecule has 5 nitrogen and oxygen atoms in total. The first-order chi connectivity index (χ1) is 13.6. The Kier molecular flexibility index (Phi) is 7.57. The zero-order valence-corrected chi connectivity index (χ0v) is 17.1. The first-order valence-corrected chi connectivity index (χ1v) is 10.2. The molecule has 0 amide bonds. The molecule has 0 aliphatic carbocycles. The number of halogens is 1. The van der Waals surface area contributed by atoms with Gasteiger partial charge >= 0.3 is 0 Å². The summed E-state index contributed by atoms with van der Waals surface area (Å²) in [4.78, 5) is 4.74. The molecule has 1 saturated heterocycles. The van der Waals surface area contributed by atoms with Crippen molar-refractivity contribution in [3.05, 3.63) is 58.6 Å². The molecule has 1 aliphatic rings. The van der Waals surface area contributed by atoms with Crippen LogP contribution in [-0.2, 0) is 13.1 Å². The number of piperazine rings is 1. The van der Waals surface area contributed by atoms with Gasteiger partial charge < -0.3 is 14.9 Å². The van der Waals surface area contributed by atoms with E-state index in [1.54, 1.807) is 12.1 Å². The summed E-state index contributed by atoms with van der Waals surface area (Å²) in [6, 6.07) is 13.6. The van der Waals surface area contributed by atoms with Gasteiger partial charge in [-0.1, -0.05) is 29.8 Å². The molecule has 0 unspecified atom stereocenters. The van der Waals surface area contributed by atoms with Crippen molar-refractivity contribution in [1.82, 2.24) is 9.80 Å². The molecule has 1 atom stereocenters. The lowest BCUT2D eigenvalue weighted by Gasteiger charge is -2.41. The Morgan fingerprint density at radius 2 is 1.93 bits per heavy atom. The van der Waals surface area contributed by atoms with Crippen molar-refractivity contribution in [2.45, 2.75) is 32.5 Å². The second kappa shape index (κ2) is 10.1. The van der Waals surface area contributed by atoms with Crippen LogP contribution in [0.2, 0.25) is 5.02 Å². The minimum Gasteiger partial charge on any atom is -0.508 e. The van der Waals surface area contributed by atoms with Crippen LogP contribution in [0.1, 0.15) is 24.5 Å². The third-order valence-electron chi connectivity index (χ3n) is 5.23. The molecule has 0 saturated carbocycles. The van der Waals surface area contributed by atoms with Crippen molar-refractivity contribution in [3.8, 4) is 11.5 Å². The molecule has 1 heterocycles. The topological polar surface area (TPSA) is 56.2 Å². The molecule has 6 heteroatoms. The zero-order chi connectivity index (χ0) is 19.9. The highest BCUT2D eigenvalue weighted by atomic mass is 35.5. The number of phenols is 1. The van der Waals surface area contributed by atoms with E-state index >= 15 is 0 Å². The first kappa shape index (κ1) is 20.9.